The lowest BCUT2D eigenvalue weighted by atomic mass is 10.2. The maximum absolute atomic E-state index is 11.9. The van der Waals surface area contributed by atoms with Crippen LogP contribution in [0.4, 0.5) is 9.93 Å². The second-order valence-electron chi connectivity index (χ2n) is 8.17. The summed E-state index contributed by atoms with van der Waals surface area (Å²) in [6.07, 6.45) is 2.21. The van der Waals surface area contributed by atoms with Gasteiger partial charge in [-0.1, -0.05) is 11.3 Å². The van der Waals surface area contributed by atoms with Gasteiger partial charge in [-0.2, -0.15) is 0 Å². The van der Waals surface area contributed by atoms with Gasteiger partial charge in [-0.05, 0) is 27.7 Å². The summed E-state index contributed by atoms with van der Waals surface area (Å²) in [6, 6.07) is 1.36. The highest BCUT2D eigenvalue weighted by molar-refractivity contribution is 7.15. The van der Waals surface area contributed by atoms with Gasteiger partial charge < -0.3 is 24.4 Å². The van der Waals surface area contributed by atoms with Crippen LogP contribution in [0.5, 0.6) is 11.8 Å². The Bertz CT molecular complexity index is 915. The first-order valence-electron chi connectivity index (χ1n) is 9.68. The fraction of sp³-hybridized carbons (Fsp3) is 0.579. The van der Waals surface area contributed by atoms with E-state index < -0.39 is 17.6 Å². The molecule has 1 aliphatic heterocycles. The number of aliphatic hydroxyl groups is 2. The van der Waals surface area contributed by atoms with E-state index in [4.69, 9.17) is 14.2 Å². The summed E-state index contributed by atoms with van der Waals surface area (Å²) in [5.41, 5.74) is -0.657. The molecule has 11 nitrogen and oxygen atoms in total. The highest BCUT2D eigenvalue weighted by Gasteiger charge is 2.45. The molecule has 0 radical (unpaired) electrons. The van der Waals surface area contributed by atoms with Crippen LogP contribution >= 0.6 is 11.3 Å². The highest BCUT2D eigenvalue weighted by Crippen LogP contribution is 2.36. The Morgan fingerprint density at radius 1 is 1.26 bits per heavy atom. The van der Waals surface area contributed by atoms with Crippen molar-refractivity contribution in [3.8, 4) is 11.8 Å². The van der Waals surface area contributed by atoms with Gasteiger partial charge in [0.25, 0.3) is 5.91 Å². The zero-order valence-corrected chi connectivity index (χ0v) is 18.8. The van der Waals surface area contributed by atoms with Gasteiger partial charge in [0, 0.05) is 19.0 Å². The molecule has 1 aliphatic rings. The molecule has 3 rings (SSSR count). The van der Waals surface area contributed by atoms with Crippen LogP contribution in [0.15, 0.2) is 18.6 Å². The predicted octanol–water partition coefficient (Wildman–Crippen LogP) is 1.93. The minimum absolute atomic E-state index is 0.162. The monoisotopic (exact) mass is 453 g/mol. The smallest absolute Gasteiger partial charge is 0.413 e. The normalized spacial score (nSPS) is 19.8. The van der Waals surface area contributed by atoms with Crippen molar-refractivity contribution in [3.63, 3.8) is 0 Å². The summed E-state index contributed by atoms with van der Waals surface area (Å²) in [4.78, 5) is 25.6. The minimum Gasteiger partial charge on any atom is -0.481 e. The average molecular weight is 454 g/mol. The molecular formula is C19H27N5O6S. The number of carbonyl (C=O) groups is 1. The number of thiazole rings is 1. The Labute approximate surface area is 184 Å². The average Bonchev–Trinajstić information content (AvgIpc) is 3.27. The molecule has 0 saturated carbocycles. The summed E-state index contributed by atoms with van der Waals surface area (Å²) in [5, 5.41) is 24.4. The molecule has 2 aromatic heterocycles. The van der Waals surface area contributed by atoms with E-state index in [1.807, 2.05) is 6.92 Å². The van der Waals surface area contributed by atoms with Gasteiger partial charge in [0.15, 0.2) is 5.13 Å². The number of nitrogens with one attached hydrogen (secondary N) is 1. The molecule has 1 saturated heterocycles. The second-order valence-corrected chi connectivity index (χ2v) is 9.20. The maximum Gasteiger partial charge on any atom is 0.413 e. The third kappa shape index (κ3) is 5.79. The van der Waals surface area contributed by atoms with Gasteiger partial charge in [0.1, 0.15) is 22.9 Å². The standard InChI is InChI=1S/C19H27N5O6S/c1-11-6-12(29-15-7-14(28-5)21-10-22-15)9-24(11)19(26,27)13-8-20-16(31-13)23-17(25)30-18(2,3)4/h7-8,10-12,26-27H,6,9H2,1-5H3,(H,20,23,25). The first kappa shape index (κ1) is 23.1. The maximum atomic E-state index is 11.9. The van der Waals surface area contributed by atoms with Crippen LogP contribution in [0.2, 0.25) is 0 Å². The predicted molar refractivity (Wildman–Crippen MR) is 112 cm³/mol. The number of ether oxygens (including phenoxy) is 3. The van der Waals surface area contributed by atoms with E-state index in [0.717, 1.165) is 11.3 Å². The van der Waals surface area contributed by atoms with Crippen LogP contribution in [0.1, 0.15) is 39.0 Å². The fourth-order valence-corrected chi connectivity index (χ4v) is 4.00. The van der Waals surface area contributed by atoms with E-state index in [0.29, 0.717) is 18.2 Å². The lowest BCUT2D eigenvalue weighted by Gasteiger charge is -2.33. The van der Waals surface area contributed by atoms with Crippen LogP contribution in [0.25, 0.3) is 0 Å². The molecule has 1 fully saturated rings. The minimum atomic E-state index is -2.29. The molecule has 3 heterocycles. The van der Waals surface area contributed by atoms with Crippen LogP contribution in [0.3, 0.4) is 0 Å². The molecule has 0 spiro atoms. The number of aromatic nitrogens is 3. The van der Waals surface area contributed by atoms with E-state index >= 15 is 0 Å². The Morgan fingerprint density at radius 2 is 1.97 bits per heavy atom. The van der Waals surface area contributed by atoms with Crippen LogP contribution in [-0.2, 0) is 10.6 Å². The van der Waals surface area contributed by atoms with Gasteiger partial charge in [0.2, 0.25) is 11.8 Å². The third-order valence-electron chi connectivity index (χ3n) is 4.49. The van der Waals surface area contributed by atoms with Crippen LogP contribution in [0, 0.1) is 0 Å². The van der Waals surface area contributed by atoms with Gasteiger partial charge >= 0.3 is 6.09 Å². The molecule has 3 N–H and O–H groups in total. The van der Waals surface area contributed by atoms with E-state index in [1.54, 1.807) is 26.8 Å². The number of methoxy groups -OCH3 is 1. The quantitative estimate of drug-likeness (QED) is 0.556. The fourth-order valence-electron chi connectivity index (χ4n) is 3.19. The van der Waals surface area contributed by atoms with Crippen molar-refractivity contribution in [2.45, 2.75) is 57.8 Å². The first-order valence-corrected chi connectivity index (χ1v) is 10.5. The zero-order chi connectivity index (χ0) is 22.8. The van der Waals surface area contributed by atoms with Gasteiger partial charge in [0.05, 0.1) is 19.4 Å². The van der Waals surface area contributed by atoms with Crippen molar-refractivity contribution >= 4 is 22.6 Å². The molecule has 170 valence electrons. The lowest BCUT2D eigenvalue weighted by Crippen LogP contribution is -2.48. The first-order chi connectivity index (χ1) is 14.5. The molecule has 2 unspecified atom stereocenters. The zero-order valence-electron chi connectivity index (χ0n) is 18.0. The summed E-state index contributed by atoms with van der Waals surface area (Å²) in [7, 11) is 1.50. The Balaban J connectivity index is 1.66. The number of rotatable bonds is 6. The topological polar surface area (TPSA) is 139 Å². The van der Waals surface area contributed by atoms with Crippen molar-refractivity contribution in [2.75, 3.05) is 19.0 Å². The number of hydrogen-bond donors (Lipinski definition) is 3. The van der Waals surface area contributed by atoms with Gasteiger partial charge in [-0.15, -0.1) is 0 Å². The molecule has 1 amide bonds. The van der Waals surface area contributed by atoms with E-state index in [9.17, 15) is 15.0 Å². The van der Waals surface area contributed by atoms with E-state index in [2.05, 4.69) is 20.3 Å². The molecule has 2 aromatic rings. The SMILES string of the molecule is COc1cc(OC2CC(C)N(C(O)(O)c3cnc(NC(=O)OC(C)(C)C)s3)C2)ncn1. The molecule has 0 aliphatic carbocycles. The molecular weight excluding hydrogens is 426 g/mol. The van der Waals surface area contributed by atoms with Crippen molar-refractivity contribution in [1.82, 2.24) is 19.9 Å². The number of nitrogens with zero attached hydrogens (tertiary/aromatic N) is 4. The summed E-state index contributed by atoms with van der Waals surface area (Å²) in [5.74, 6) is -1.57. The van der Waals surface area contributed by atoms with Crippen molar-refractivity contribution in [2.24, 2.45) is 0 Å². The van der Waals surface area contributed by atoms with E-state index in [1.165, 1.54) is 24.5 Å². The molecule has 2 atom stereocenters. The van der Waals surface area contributed by atoms with Gasteiger partial charge in [-0.3, -0.25) is 5.32 Å². The van der Waals surface area contributed by atoms with Crippen molar-refractivity contribution in [3.05, 3.63) is 23.5 Å². The second kappa shape index (κ2) is 8.91. The molecule has 31 heavy (non-hydrogen) atoms. The summed E-state index contributed by atoms with van der Waals surface area (Å²) >= 11 is 0.951. The molecule has 0 bridgehead atoms. The number of anilines is 1. The molecule has 12 heteroatoms. The largest absolute Gasteiger partial charge is 0.481 e. The lowest BCUT2D eigenvalue weighted by molar-refractivity contribution is -0.276. The Hall–Kier alpha value is -2.54. The number of amides is 1. The van der Waals surface area contributed by atoms with E-state index in [-0.39, 0.29) is 28.7 Å². The molecule has 0 aromatic carbocycles. The summed E-state index contributed by atoms with van der Waals surface area (Å²) in [6.45, 7) is 7.35. The van der Waals surface area contributed by atoms with Crippen molar-refractivity contribution < 1.29 is 29.2 Å². The Kier molecular flexibility index (Phi) is 6.65. The highest BCUT2D eigenvalue weighted by atomic mass is 32.1. The Morgan fingerprint density at radius 3 is 2.65 bits per heavy atom. The van der Waals surface area contributed by atoms with Crippen LogP contribution in [-0.4, -0.2) is 67.6 Å². The number of likely N-dealkylation sites (tertiary alicyclic amines) is 1. The van der Waals surface area contributed by atoms with Crippen LogP contribution < -0.4 is 14.8 Å². The number of carbonyl (C=O) groups excluding carboxylic acids is 1. The summed E-state index contributed by atoms with van der Waals surface area (Å²) < 4.78 is 16.1. The third-order valence-corrected chi connectivity index (χ3v) is 5.49. The van der Waals surface area contributed by atoms with Crippen molar-refractivity contribution in [1.29, 1.82) is 0 Å². The van der Waals surface area contributed by atoms with Gasteiger partial charge in [-0.25, -0.2) is 24.6 Å². The number of hydrogen-bond acceptors (Lipinski definition) is 11.